The molecule has 1 aliphatic heterocycles. The lowest BCUT2D eigenvalue weighted by atomic mass is 9.91. The van der Waals surface area contributed by atoms with E-state index in [1.807, 2.05) is 6.08 Å². The standard InChI is InChI=1S/C23H21BrF6O2/c1-3-14-7-8-31-20(9-14)18-5-4-6-19(24)21(18)32-13(2)15-10-16(22(25,26)27)12-17(11-15)23(28,29)30/h3-6,10-14,20H,1,7-9H2,2H3. The van der Waals surface area contributed by atoms with Crippen LogP contribution >= 0.6 is 15.9 Å². The minimum atomic E-state index is -4.93. The average Bonchev–Trinajstić information content (AvgIpc) is 2.73. The Hall–Kier alpha value is -2.00. The second-order valence-corrected chi connectivity index (χ2v) is 8.49. The molecule has 0 bridgehead atoms. The molecule has 1 fully saturated rings. The van der Waals surface area contributed by atoms with Crippen molar-refractivity contribution in [2.45, 2.75) is 44.3 Å². The van der Waals surface area contributed by atoms with Crippen molar-refractivity contribution < 1.29 is 35.8 Å². The summed E-state index contributed by atoms with van der Waals surface area (Å²) in [7, 11) is 0. The van der Waals surface area contributed by atoms with E-state index in [-0.39, 0.29) is 23.7 Å². The van der Waals surface area contributed by atoms with E-state index in [1.165, 1.54) is 6.92 Å². The van der Waals surface area contributed by atoms with Gasteiger partial charge < -0.3 is 9.47 Å². The van der Waals surface area contributed by atoms with Gasteiger partial charge in [-0.2, -0.15) is 26.3 Å². The minimum absolute atomic E-state index is 0.103. The van der Waals surface area contributed by atoms with Crippen molar-refractivity contribution >= 4 is 15.9 Å². The van der Waals surface area contributed by atoms with E-state index in [0.29, 0.717) is 40.9 Å². The van der Waals surface area contributed by atoms with Gasteiger partial charge in [-0.25, -0.2) is 0 Å². The second-order valence-electron chi connectivity index (χ2n) is 7.64. The highest BCUT2D eigenvalue weighted by atomic mass is 79.9. The van der Waals surface area contributed by atoms with Crippen LogP contribution in [0.3, 0.4) is 0 Å². The van der Waals surface area contributed by atoms with Crippen LogP contribution in [0.15, 0.2) is 53.5 Å². The predicted octanol–water partition coefficient (Wildman–Crippen LogP) is 8.28. The predicted molar refractivity (Wildman–Crippen MR) is 111 cm³/mol. The van der Waals surface area contributed by atoms with E-state index in [4.69, 9.17) is 9.47 Å². The molecule has 2 aromatic rings. The molecule has 1 heterocycles. The van der Waals surface area contributed by atoms with Gasteiger partial charge in [-0.3, -0.25) is 0 Å². The van der Waals surface area contributed by atoms with Crippen LogP contribution in [-0.2, 0) is 17.1 Å². The van der Waals surface area contributed by atoms with Crippen molar-refractivity contribution in [2.75, 3.05) is 6.61 Å². The van der Waals surface area contributed by atoms with Crippen LogP contribution in [0.2, 0.25) is 0 Å². The molecule has 0 aliphatic carbocycles. The topological polar surface area (TPSA) is 18.5 Å². The maximum absolute atomic E-state index is 13.2. The number of hydrogen-bond donors (Lipinski definition) is 0. The number of allylic oxidation sites excluding steroid dienone is 1. The number of hydrogen-bond acceptors (Lipinski definition) is 2. The molecule has 32 heavy (non-hydrogen) atoms. The summed E-state index contributed by atoms with van der Waals surface area (Å²) >= 11 is 3.38. The molecule has 3 rings (SSSR count). The van der Waals surface area contributed by atoms with Gasteiger partial charge >= 0.3 is 12.4 Å². The van der Waals surface area contributed by atoms with Crippen LogP contribution in [0.5, 0.6) is 5.75 Å². The fourth-order valence-electron chi connectivity index (χ4n) is 3.62. The molecule has 174 valence electrons. The minimum Gasteiger partial charge on any atom is -0.484 e. The summed E-state index contributed by atoms with van der Waals surface area (Å²) in [4.78, 5) is 0. The third kappa shape index (κ3) is 5.67. The summed E-state index contributed by atoms with van der Waals surface area (Å²) < 4.78 is 91.7. The molecule has 1 saturated heterocycles. The molecule has 0 spiro atoms. The molecular weight excluding hydrogens is 502 g/mol. The average molecular weight is 523 g/mol. The van der Waals surface area contributed by atoms with E-state index < -0.39 is 29.6 Å². The van der Waals surface area contributed by atoms with Gasteiger partial charge in [-0.15, -0.1) is 6.58 Å². The Balaban J connectivity index is 1.97. The molecule has 2 aromatic carbocycles. The van der Waals surface area contributed by atoms with Crippen LogP contribution in [0.1, 0.15) is 54.2 Å². The van der Waals surface area contributed by atoms with Gasteiger partial charge in [-0.1, -0.05) is 18.2 Å². The van der Waals surface area contributed by atoms with Gasteiger partial charge in [0.1, 0.15) is 11.9 Å². The first-order valence-electron chi connectivity index (χ1n) is 9.88. The number of ether oxygens (including phenoxy) is 2. The first kappa shape index (κ1) is 24.6. The first-order chi connectivity index (χ1) is 14.9. The van der Waals surface area contributed by atoms with E-state index >= 15 is 0 Å². The maximum atomic E-state index is 13.2. The van der Waals surface area contributed by atoms with Crippen LogP contribution < -0.4 is 4.74 Å². The van der Waals surface area contributed by atoms with Gasteiger partial charge in [-0.05, 0) is 71.4 Å². The monoisotopic (exact) mass is 522 g/mol. The Morgan fingerprint density at radius 3 is 2.28 bits per heavy atom. The Labute approximate surface area is 190 Å². The number of rotatable bonds is 5. The summed E-state index contributed by atoms with van der Waals surface area (Å²) in [5.74, 6) is 0.552. The summed E-state index contributed by atoms with van der Waals surface area (Å²) in [5.41, 5.74) is -2.33. The molecule has 9 heteroatoms. The summed E-state index contributed by atoms with van der Waals surface area (Å²) in [5, 5.41) is 0. The van der Waals surface area contributed by atoms with Crippen molar-refractivity contribution in [3.05, 3.63) is 75.8 Å². The Morgan fingerprint density at radius 2 is 1.72 bits per heavy atom. The van der Waals surface area contributed by atoms with Crippen LogP contribution in [0.25, 0.3) is 0 Å². The van der Waals surface area contributed by atoms with Crippen molar-refractivity contribution in [3.8, 4) is 5.75 Å². The highest BCUT2D eigenvalue weighted by molar-refractivity contribution is 9.10. The first-order valence-corrected chi connectivity index (χ1v) is 10.7. The molecule has 0 amide bonds. The lowest BCUT2D eigenvalue weighted by Gasteiger charge is -2.30. The summed E-state index contributed by atoms with van der Waals surface area (Å²) in [6.45, 7) is 5.73. The zero-order valence-corrected chi connectivity index (χ0v) is 18.7. The van der Waals surface area contributed by atoms with Gasteiger partial charge in [0.2, 0.25) is 0 Å². The largest absolute Gasteiger partial charge is 0.484 e. The molecule has 0 aromatic heterocycles. The zero-order valence-electron chi connectivity index (χ0n) is 17.1. The summed E-state index contributed by atoms with van der Waals surface area (Å²) in [6, 6.07) is 6.70. The Kier molecular flexibility index (Phi) is 7.29. The van der Waals surface area contributed by atoms with Crippen molar-refractivity contribution in [2.24, 2.45) is 5.92 Å². The molecule has 3 unspecified atom stereocenters. The SMILES string of the molecule is C=CC1CCOC(c2cccc(Br)c2OC(C)c2cc(C(F)(F)F)cc(C(F)(F)F)c2)C1. The van der Waals surface area contributed by atoms with Gasteiger partial charge in [0.25, 0.3) is 0 Å². The maximum Gasteiger partial charge on any atom is 0.416 e. The summed E-state index contributed by atoms with van der Waals surface area (Å²) in [6.07, 6.45) is -7.96. The van der Waals surface area contributed by atoms with Crippen LogP contribution in [-0.4, -0.2) is 6.61 Å². The smallest absolute Gasteiger partial charge is 0.416 e. The number of halogens is 7. The Morgan fingerprint density at radius 1 is 1.09 bits per heavy atom. The van der Waals surface area contributed by atoms with Gasteiger partial charge in [0.05, 0.1) is 21.7 Å². The van der Waals surface area contributed by atoms with Crippen molar-refractivity contribution in [1.29, 1.82) is 0 Å². The molecule has 3 atom stereocenters. The molecule has 1 aliphatic rings. The van der Waals surface area contributed by atoms with Gasteiger partial charge in [0, 0.05) is 12.2 Å². The second kappa shape index (κ2) is 9.47. The quantitative estimate of drug-likeness (QED) is 0.290. The van der Waals surface area contributed by atoms with E-state index in [0.717, 1.165) is 6.42 Å². The number of alkyl halides is 6. The highest BCUT2D eigenvalue weighted by Gasteiger charge is 2.37. The van der Waals surface area contributed by atoms with Crippen molar-refractivity contribution in [3.63, 3.8) is 0 Å². The molecule has 2 nitrogen and oxygen atoms in total. The fourth-order valence-corrected chi connectivity index (χ4v) is 4.09. The lowest BCUT2D eigenvalue weighted by Crippen LogP contribution is -2.19. The Bertz CT molecular complexity index is 938. The normalized spacial score (nSPS) is 20.6. The fraction of sp³-hybridized carbons (Fsp3) is 0.391. The van der Waals surface area contributed by atoms with E-state index in [1.54, 1.807) is 18.2 Å². The molecule has 0 radical (unpaired) electrons. The third-order valence-electron chi connectivity index (χ3n) is 5.38. The van der Waals surface area contributed by atoms with Crippen LogP contribution in [0.4, 0.5) is 26.3 Å². The number of benzene rings is 2. The number of para-hydroxylation sites is 1. The zero-order chi connectivity index (χ0) is 23.7. The molecule has 0 N–H and O–H groups in total. The highest BCUT2D eigenvalue weighted by Crippen LogP contribution is 2.43. The van der Waals surface area contributed by atoms with Gasteiger partial charge in [0.15, 0.2) is 0 Å². The van der Waals surface area contributed by atoms with E-state index in [9.17, 15) is 26.3 Å². The van der Waals surface area contributed by atoms with E-state index in [2.05, 4.69) is 22.5 Å². The van der Waals surface area contributed by atoms with Crippen molar-refractivity contribution in [1.82, 2.24) is 0 Å². The molecule has 0 saturated carbocycles. The third-order valence-corrected chi connectivity index (χ3v) is 6.00. The lowest BCUT2D eigenvalue weighted by molar-refractivity contribution is -0.143. The molecular formula is C23H21BrF6O2. The van der Waals surface area contributed by atoms with Crippen LogP contribution in [0, 0.1) is 5.92 Å².